The van der Waals surface area contributed by atoms with Crippen molar-refractivity contribution in [2.45, 2.75) is 0 Å². The van der Waals surface area contributed by atoms with E-state index in [4.69, 9.17) is 21.1 Å². The van der Waals surface area contributed by atoms with Gasteiger partial charge in [-0.15, -0.1) is 11.6 Å². The highest BCUT2D eigenvalue weighted by Crippen LogP contribution is 2.29. The second kappa shape index (κ2) is 6.03. The number of halogens is 2. The molecule has 0 N–H and O–H groups in total. The summed E-state index contributed by atoms with van der Waals surface area (Å²) in [6.45, 7) is 4.18. The summed E-state index contributed by atoms with van der Waals surface area (Å²) < 4.78 is 11.4. The number of benzene rings is 1. The third-order valence-corrected chi connectivity index (χ3v) is 2.76. The highest BCUT2D eigenvalue weighted by atomic mass is 79.9. The number of hydrogen-bond donors (Lipinski definition) is 0. The Hall–Kier alpha value is -0.670. The van der Waals surface area contributed by atoms with Gasteiger partial charge in [0.2, 0.25) is 0 Å². The summed E-state index contributed by atoms with van der Waals surface area (Å²) in [4.78, 5) is 0. The number of methoxy groups -OCH3 is 1. The third-order valence-electron chi connectivity index (χ3n) is 1.76. The monoisotopic (exact) mass is 290 g/mol. The number of ether oxygens (including phenoxy) is 2. The molecule has 0 radical (unpaired) electrons. The number of alkyl halides is 1. The van der Waals surface area contributed by atoms with E-state index in [0.717, 1.165) is 21.5 Å². The Morgan fingerprint density at radius 1 is 1.53 bits per heavy atom. The molecule has 0 aliphatic carbocycles. The minimum absolute atomic E-state index is 0.410. The maximum atomic E-state index is 5.59. The highest BCUT2D eigenvalue weighted by Gasteiger charge is 2.03. The van der Waals surface area contributed by atoms with E-state index in [1.54, 1.807) is 7.11 Å². The van der Waals surface area contributed by atoms with Crippen molar-refractivity contribution in [2.24, 2.45) is 0 Å². The molecule has 0 atom stereocenters. The third kappa shape index (κ3) is 3.76. The molecule has 1 aromatic rings. The van der Waals surface area contributed by atoms with Crippen LogP contribution in [0.15, 0.2) is 34.8 Å². The molecule has 0 spiro atoms. The van der Waals surface area contributed by atoms with Crippen LogP contribution >= 0.6 is 27.5 Å². The number of rotatable bonds is 5. The van der Waals surface area contributed by atoms with Gasteiger partial charge in [-0.05, 0) is 39.7 Å². The molecule has 0 unspecified atom stereocenters. The first-order chi connectivity index (χ1) is 7.17. The Morgan fingerprint density at radius 2 is 2.27 bits per heavy atom. The van der Waals surface area contributed by atoms with Gasteiger partial charge in [-0.25, -0.2) is 0 Å². The lowest BCUT2D eigenvalue weighted by Gasteiger charge is -2.09. The van der Waals surface area contributed by atoms with Gasteiger partial charge in [0.1, 0.15) is 18.1 Å². The number of hydrogen-bond acceptors (Lipinski definition) is 2. The van der Waals surface area contributed by atoms with E-state index in [-0.39, 0.29) is 0 Å². The van der Waals surface area contributed by atoms with Crippen LogP contribution in [-0.2, 0) is 0 Å². The maximum absolute atomic E-state index is 5.59. The van der Waals surface area contributed by atoms with Crippen LogP contribution in [0.1, 0.15) is 0 Å². The zero-order valence-corrected chi connectivity index (χ0v) is 10.8. The van der Waals surface area contributed by atoms with Crippen LogP contribution in [0, 0.1) is 0 Å². The normalized spacial score (nSPS) is 9.80. The second-order valence-electron chi connectivity index (χ2n) is 2.97. The topological polar surface area (TPSA) is 18.5 Å². The molecule has 0 saturated heterocycles. The van der Waals surface area contributed by atoms with Gasteiger partial charge in [-0.2, -0.15) is 0 Å². The van der Waals surface area contributed by atoms with E-state index >= 15 is 0 Å². The molecule has 0 aliphatic rings. The lowest BCUT2D eigenvalue weighted by atomic mass is 10.3. The molecular formula is C11H12BrClO2. The summed E-state index contributed by atoms with van der Waals surface area (Å²) in [5.41, 5.74) is 0.847. The van der Waals surface area contributed by atoms with Gasteiger partial charge < -0.3 is 9.47 Å². The van der Waals surface area contributed by atoms with E-state index in [9.17, 15) is 0 Å². The Kier molecular flexibility index (Phi) is 4.99. The van der Waals surface area contributed by atoms with Crippen LogP contribution in [0.4, 0.5) is 0 Å². The first kappa shape index (κ1) is 12.4. The molecule has 15 heavy (non-hydrogen) atoms. The fourth-order valence-electron chi connectivity index (χ4n) is 0.944. The highest BCUT2D eigenvalue weighted by molar-refractivity contribution is 9.10. The fourth-order valence-corrected chi connectivity index (χ4v) is 1.49. The minimum Gasteiger partial charge on any atom is -0.497 e. The van der Waals surface area contributed by atoms with Crippen molar-refractivity contribution in [3.63, 3.8) is 0 Å². The fraction of sp³-hybridized carbons (Fsp3) is 0.273. The molecule has 0 bridgehead atoms. The maximum Gasteiger partial charge on any atom is 0.134 e. The first-order valence-corrected chi connectivity index (χ1v) is 5.69. The van der Waals surface area contributed by atoms with Crippen molar-refractivity contribution < 1.29 is 9.47 Å². The Bertz CT molecular complexity index is 352. The molecule has 1 aromatic carbocycles. The quantitative estimate of drug-likeness (QED) is 0.609. The molecule has 1 rings (SSSR count). The zero-order valence-electron chi connectivity index (χ0n) is 8.43. The standard InChI is InChI=1S/C11H12BrClO2/c1-8(6-13)7-15-11-4-3-9(14-2)5-10(11)12/h3-5H,1,6-7H2,2H3. The lowest BCUT2D eigenvalue weighted by molar-refractivity contribution is 0.349. The molecule has 0 aromatic heterocycles. The van der Waals surface area contributed by atoms with Crippen molar-refractivity contribution >= 4 is 27.5 Å². The Balaban J connectivity index is 2.66. The summed E-state index contributed by atoms with van der Waals surface area (Å²) >= 11 is 8.99. The molecule has 0 amide bonds. The summed E-state index contributed by atoms with van der Waals surface area (Å²) in [5, 5.41) is 0. The predicted molar refractivity (Wildman–Crippen MR) is 66.0 cm³/mol. The van der Waals surface area contributed by atoms with Gasteiger partial charge in [0.25, 0.3) is 0 Å². The lowest BCUT2D eigenvalue weighted by Crippen LogP contribution is -2.01. The first-order valence-electron chi connectivity index (χ1n) is 4.36. The predicted octanol–water partition coefficient (Wildman–Crippen LogP) is 3.63. The molecule has 4 heteroatoms. The zero-order chi connectivity index (χ0) is 11.3. The average molecular weight is 292 g/mol. The van der Waals surface area contributed by atoms with Crippen molar-refractivity contribution in [3.05, 3.63) is 34.8 Å². The molecule has 0 heterocycles. The van der Waals surface area contributed by atoms with Gasteiger partial charge in [-0.3, -0.25) is 0 Å². The van der Waals surface area contributed by atoms with E-state index in [2.05, 4.69) is 22.5 Å². The van der Waals surface area contributed by atoms with Crippen molar-refractivity contribution in [1.29, 1.82) is 0 Å². The van der Waals surface area contributed by atoms with Gasteiger partial charge in [0.15, 0.2) is 0 Å². The van der Waals surface area contributed by atoms with Crippen molar-refractivity contribution in [2.75, 3.05) is 19.6 Å². The van der Waals surface area contributed by atoms with E-state index in [1.807, 2.05) is 18.2 Å². The van der Waals surface area contributed by atoms with Gasteiger partial charge >= 0.3 is 0 Å². The van der Waals surface area contributed by atoms with Crippen LogP contribution < -0.4 is 9.47 Å². The van der Waals surface area contributed by atoms with Crippen molar-refractivity contribution in [3.8, 4) is 11.5 Å². The van der Waals surface area contributed by atoms with E-state index in [1.165, 1.54) is 0 Å². The van der Waals surface area contributed by atoms with E-state index in [0.29, 0.717) is 12.5 Å². The largest absolute Gasteiger partial charge is 0.497 e. The molecular weight excluding hydrogens is 279 g/mol. The van der Waals surface area contributed by atoms with Gasteiger partial charge in [-0.1, -0.05) is 6.58 Å². The summed E-state index contributed by atoms with van der Waals surface area (Å²) in [6, 6.07) is 5.52. The van der Waals surface area contributed by atoms with Crippen LogP contribution in [-0.4, -0.2) is 19.6 Å². The summed E-state index contributed by atoms with van der Waals surface area (Å²) in [5.74, 6) is 1.95. The molecule has 0 aliphatic heterocycles. The SMILES string of the molecule is C=C(CCl)COc1ccc(OC)cc1Br. The Morgan fingerprint density at radius 3 is 2.80 bits per heavy atom. The van der Waals surface area contributed by atoms with E-state index < -0.39 is 0 Å². The Labute approximate surface area is 103 Å². The molecule has 2 nitrogen and oxygen atoms in total. The second-order valence-corrected chi connectivity index (χ2v) is 4.09. The minimum atomic E-state index is 0.410. The van der Waals surface area contributed by atoms with Gasteiger partial charge in [0.05, 0.1) is 11.6 Å². The van der Waals surface area contributed by atoms with Crippen LogP contribution in [0.5, 0.6) is 11.5 Å². The van der Waals surface area contributed by atoms with Crippen LogP contribution in [0.3, 0.4) is 0 Å². The van der Waals surface area contributed by atoms with Crippen LogP contribution in [0.25, 0.3) is 0 Å². The summed E-state index contributed by atoms with van der Waals surface area (Å²) in [6.07, 6.45) is 0. The van der Waals surface area contributed by atoms with Gasteiger partial charge in [0, 0.05) is 5.88 Å². The summed E-state index contributed by atoms with van der Waals surface area (Å²) in [7, 11) is 1.62. The van der Waals surface area contributed by atoms with Crippen molar-refractivity contribution in [1.82, 2.24) is 0 Å². The molecule has 0 fully saturated rings. The van der Waals surface area contributed by atoms with Crippen LogP contribution in [0.2, 0.25) is 0 Å². The average Bonchev–Trinajstić information content (AvgIpc) is 2.26. The molecule has 82 valence electrons. The smallest absolute Gasteiger partial charge is 0.134 e. The molecule has 0 saturated carbocycles.